The minimum atomic E-state index is -0.142. The molecule has 0 saturated heterocycles. The van der Waals surface area contributed by atoms with Crippen LogP contribution in [0.25, 0.3) is 0 Å². The van der Waals surface area contributed by atoms with E-state index in [4.69, 9.17) is 17.2 Å². The average Bonchev–Trinajstić information content (AvgIpc) is 1.96. The quantitative estimate of drug-likeness (QED) is 0.405. The summed E-state index contributed by atoms with van der Waals surface area (Å²) in [6, 6.07) is 2.97. The van der Waals surface area contributed by atoms with Gasteiger partial charge in [0.25, 0.3) is 0 Å². The van der Waals surface area contributed by atoms with Gasteiger partial charge in [-0.15, -0.1) is 0 Å². The smallest absolute Gasteiger partial charge is 0.224 e. The summed E-state index contributed by atoms with van der Waals surface area (Å²) in [5, 5.41) is 0. The van der Waals surface area contributed by atoms with Crippen molar-refractivity contribution >= 4 is 43.4 Å². The second-order valence-electron chi connectivity index (χ2n) is 2.34. The van der Waals surface area contributed by atoms with Crippen LogP contribution in [0.4, 0.5) is 17.1 Å². The molecule has 4 nitrogen and oxygen atoms in total. The van der Waals surface area contributed by atoms with E-state index in [1.165, 1.54) is 12.1 Å². The lowest BCUT2D eigenvalue weighted by Crippen LogP contribution is -2.02. The van der Waals surface area contributed by atoms with Crippen LogP contribution < -0.4 is 17.2 Å². The number of halogens is 1. The number of hydrogen-bond acceptors (Lipinski definition) is 4. The van der Waals surface area contributed by atoms with Crippen LogP contribution in [0, 0.1) is 0 Å². The first kappa shape index (κ1) is 9.11. The molecule has 0 aliphatic carbocycles. The predicted octanol–water partition coefficient (Wildman–Crippen LogP) is 1.01. The van der Waals surface area contributed by atoms with E-state index in [0.29, 0.717) is 22.6 Å². The van der Waals surface area contributed by atoms with Crippen molar-refractivity contribution in [2.24, 2.45) is 0 Å². The standard InChI is InChI=1S/C7H8IN3O/c8-7(12)3-1-5(10)6(11)2-4(3)9/h1-2H,9-11H2. The summed E-state index contributed by atoms with van der Waals surface area (Å²) < 4.78 is -0.142. The third-order valence-electron chi connectivity index (χ3n) is 1.47. The van der Waals surface area contributed by atoms with Crippen molar-refractivity contribution < 1.29 is 4.79 Å². The molecule has 0 unspecified atom stereocenters. The number of nitrogen functional groups attached to an aromatic ring is 3. The van der Waals surface area contributed by atoms with Crippen molar-refractivity contribution in [2.45, 2.75) is 0 Å². The van der Waals surface area contributed by atoms with Crippen molar-refractivity contribution in [3.63, 3.8) is 0 Å². The summed E-state index contributed by atoms with van der Waals surface area (Å²) in [6.07, 6.45) is 0. The van der Waals surface area contributed by atoms with Gasteiger partial charge < -0.3 is 17.2 Å². The third kappa shape index (κ3) is 1.60. The minimum Gasteiger partial charge on any atom is -0.398 e. The van der Waals surface area contributed by atoms with Gasteiger partial charge in [0.2, 0.25) is 3.79 Å². The van der Waals surface area contributed by atoms with Gasteiger partial charge in [-0.05, 0) is 12.1 Å². The zero-order chi connectivity index (χ0) is 9.30. The molecule has 0 atom stereocenters. The Bertz CT molecular complexity index is 338. The highest BCUT2D eigenvalue weighted by Gasteiger charge is 2.08. The maximum atomic E-state index is 10.9. The number of benzene rings is 1. The second kappa shape index (κ2) is 3.18. The zero-order valence-corrected chi connectivity index (χ0v) is 8.33. The first-order valence-electron chi connectivity index (χ1n) is 3.16. The molecule has 5 heteroatoms. The van der Waals surface area contributed by atoms with Gasteiger partial charge in [-0.3, -0.25) is 4.79 Å². The van der Waals surface area contributed by atoms with Crippen LogP contribution >= 0.6 is 22.6 Å². The van der Waals surface area contributed by atoms with Crippen LogP contribution in [0.5, 0.6) is 0 Å². The highest BCUT2D eigenvalue weighted by Crippen LogP contribution is 2.24. The van der Waals surface area contributed by atoms with Crippen LogP contribution in [0.3, 0.4) is 0 Å². The Kier molecular flexibility index (Phi) is 2.41. The second-order valence-corrected chi connectivity index (χ2v) is 3.32. The van der Waals surface area contributed by atoms with Gasteiger partial charge in [-0.25, -0.2) is 0 Å². The van der Waals surface area contributed by atoms with Crippen molar-refractivity contribution in [3.05, 3.63) is 17.7 Å². The Morgan fingerprint density at radius 3 is 2.08 bits per heavy atom. The number of nitrogens with two attached hydrogens (primary N) is 3. The number of hydrogen-bond donors (Lipinski definition) is 3. The summed E-state index contributed by atoms with van der Waals surface area (Å²) in [4.78, 5) is 10.9. The van der Waals surface area contributed by atoms with Gasteiger partial charge in [0.1, 0.15) is 0 Å². The first-order valence-corrected chi connectivity index (χ1v) is 4.24. The van der Waals surface area contributed by atoms with Gasteiger partial charge in [-0.1, -0.05) is 0 Å². The van der Waals surface area contributed by atoms with E-state index >= 15 is 0 Å². The first-order chi connectivity index (χ1) is 5.52. The zero-order valence-electron chi connectivity index (χ0n) is 6.17. The summed E-state index contributed by atoms with van der Waals surface area (Å²) in [6.45, 7) is 0. The number of carbonyl (C=O) groups is 1. The third-order valence-corrected chi connectivity index (χ3v) is 2.05. The average molecular weight is 277 g/mol. The van der Waals surface area contributed by atoms with Gasteiger partial charge in [0, 0.05) is 28.3 Å². The molecule has 0 fully saturated rings. The molecule has 6 N–H and O–H groups in total. The molecule has 12 heavy (non-hydrogen) atoms. The molecule has 0 heterocycles. The molecule has 64 valence electrons. The summed E-state index contributed by atoms with van der Waals surface area (Å²) in [5.74, 6) is 0. The van der Waals surface area contributed by atoms with Gasteiger partial charge >= 0.3 is 0 Å². The molecule has 0 saturated carbocycles. The van der Waals surface area contributed by atoms with Crippen LogP contribution in [-0.4, -0.2) is 3.79 Å². The topological polar surface area (TPSA) is 95.1 Å². The molecule has 1 rings (SSSR count). The number of carbonyl (C=O) groups excluding carboxylic acids is 1. The van der Waals surface area contributed by atoms with E-state index in [0.717, 1.165) is 0 Å². The molecule has 0 aliphatic heterocycles. The van der Waals surface area contributed by atoms with Gasteiger partial charge in [0.05, 0.1) is 16.9 Å². The highest BCUT2D eigenvalue weighted by atomic mass is 127. The van der Waals surface area contributed by atoms with E-state index in [2.05, 4.69) is 0 Å². The minimum absolute atomic E-state index is 0.142. The maximum absolute atomic E-state index is 10.9. The summed E-state index contributed by atoms with van der Waals surface area (Å²) in [7, 11) is 0. The molecule has 0 spiro atoms. The Labute approximate surface area is 83.2 Å². The van der Waals surface area contributed by atoms with E-state index in [-0.39, 0.29) is 3.79 Å². The predicted molar refractivity (Wildman–Crippen MR) is 58.0 cm³/mol. The van der Waals surface area contributed by atoms with Crippen molar-refractivity contribution in [1.82, 2.24) is 0 Å². The fraction of sp³-hybridized carbons (Fsp3) is 0. The molecule has 0 aromatic heterocycles. The molecule has 1 aromatic carbocycles. The van der Waals surface area contributed by atoms with Crippen molar-refractivity contribution in [1.29, 1.82) is 0 Å². The number of anilines is 3. The van der Waals surface area contributed by atoms with Crippen LogP contribution in [0.2, 0.25) is 0 Å². The fourth-order valence-corrected chi connectivity index (χ4v) is 1.29. The summed E-state index contributed by atoms with van der Waals surface area (Å²) >= 11 is 1.65. The Morgan fingerprint density at radius 1 is 1.08 bits per heavy atom. The monoisotopic (exact) mass is 277 g/mol. The molecule has 0 aliphatic rings. The Hall–Kier alpha value is -0.980. The van der Waals surface area contributed by atoms with Crippen LogP contribution in [0.15, 0.2) is 12.1 Å². The van der Waals surface area contributed by atoms with Crippen molar-refractivity contribution in [2.75, 3.05) is 17.2 Å². The normalized spacial score (nSPS) is 9.75. The molecule has 0 radical (unpaired) electrons. The lowest BCUT2D eigenvalue weighted by atomic mass is 10.1. The van der Waals surface area contributed by atoms with E-state index in [1.807, 2.05) is 0 Å². The molecule has 0 amide bonds. The number of rotatable bonds is 1. The Morgan fingerprint density at radius 2 is 1.58 bits per heavy atom. The van der Waals surface area contributed by atoms with Crippen LogP contribution in [0.1, 0.15) is 10.4 Å². The SMILES string of the molecule is Nc1cc(N)c(C(=O)I)cc1N. The fourth-order valence-electron chi connectivity index (χ4n) is 0.821. The van der Waals surface area contributed by atoms with Gasteiger partial charge in [0.15, 0.2) is 0 Å². The lowest BCUT2D eigenvalue weighted by Gasteiger charge is -2.04. The summed E-state index contributed by atoms with van der Waals surface area (Å²) in [5.41, 5.74) is 18.0. The molecule has 0 bridgehead atoms. The molecular weight excluding hydrogens is 269 g/mol. The van der Waals surface area contributed by atoms with Gasteiger partial charge in [-0.2, -0.15) is 0 Å². The van der Waals surface area contributed by atoms with E-state index in [9.17, 15) is 4.79 Å². The largest absolute Gasteiger partial charge is 0.398 e. The van der Waals surface area contributed by atoms with Crippen molar-refractivity contribution in [3.8, 4) is 0 Å². The lowest BCUT2D eigenvalue weighted by molar-refractivity contribution is 0.110. The molecule has 1 aromatic rings. The van der Waals surface area contributed by atoms with E-state index < -0.39 is 0 Å². The van der Waals surface area contributed by atoms with E-state index in [1.54, 1.807) is 22.6 Å². The Balaban J connectivity index is 3.33. The molecular formula is C7H8IN3O. The van der Waals surface area contributed by atoms with Crippen LogP contribution in [-0.2, 0) is 0 Å². The maximum Gasteiger partial charge on any atom is 0.224 e. The highest BCUT2D eigenvalue weighted by molar-refractivity contribution is 14.1.